The van der Waals surface area contributed by atoms with Crippen LogP contribution in [0.3, 0.4) is 0 Å². The standard InChI is InChI=1S/C13H19ClN2O/c1-3-11-7-10(4-5-17-11)16-12-6-9(2)8-15-13(12)14/h6,8,10-11,16H,3-5,7H2,1-2H3. The van der Waals surface area contributed by atoms with E-state index >= 15 is 0 Å². The Labute approximate surface area is 108 Å². The Hall–Kier alpha value is -0.800. The van der Waals surface area contributed by atoms with Gasteiger partial charge in [0.15, 0.2) is 5.15 Å². The molecule has 3 nitrogen and oxygen atoms in total. The van der Waals surface area contributed by atoms with E-state index in [1.807, 2.05) is 13.0 Å². The third kappa shape index (κ3) is 3.33. The van der Waals surface area contributed by atoms with Crippen molar-refractivity contribution >= 4 is 17.3 Å². The Balaban J connectivity index is 2.02. The van der Waals surface area contributed by atoms with Crippen LogP contribution in [0.1, 0.15) is 31.7 Å². The van der Waals surface area contributed by atoms with Gasteiger partial charge in [-0.2, -0.15) is 0 Å². The molecule has 0 aliphatic carbocycles. The summed E-state index contributed by atoms with van der Waals surface area (Å²) in [4.78, 5) is 4.16. The molecule has 4 heteroatoms. The number of anilines is 1. The third-order valence-corrected chi connectivity index (χ3v) is 3.46. The average Bonchev–Trinajstić information content (AvgIpc) is 2.34. The minimum atomic E-state index is 0.373. The Morgan fingerprint density at radius 1 is 1.59 bits per heavy atom. The van der Waals surface area contributed by atoms with Crippen LogP contribution in [-0.4, -0.2) is 23.7 Å². The first-order chi connectivity index (χ1) is 8.19. The van der Waals surface area contributed by atoms with Crippen molar-refractivity contribution < 1.29 is 4.74 Å². The van der Waals surface area contributed by atoms with Crippen LogP contribution < -0.4 is 5.32 Å². The van der Waals surface area contributed by atoms with Crippen molar-refractivity contribution in [1.82, 2.24) is 4.98 Å². The molecule has 0 aromatic carbocycles. The first-order valence-corrected chi connectivity index (χ1v) is 6.57. The lowest BCUT2D eigenvalue weighted by Crippen LogP contribution is -2.33. The Bertz CT molecular complexity index is 384. The van der Waals surface area contributed by atoms with Gasteiger partial charge in [0.25, 0.3) is 0 Å². The lowest BCUT2D eigenvalue weighted by Gasteiger charge is -2.30. The van der Waals surface area contributed by atoms with E-state index in [9.17, 15) is 0 Å². The molecule has 0 bridgehead atoms. The van der Waals surface area contributed by atoms with Crippen LogP contribution in [0.15, 0.2) is 12.3 Å². The molecule has 1 aromatic heterocycles. The number of nitrogens with one attached hydrogen (secondary N) is 1. The van der Waals surface area contributed by atoms with Crippen molar-refractivity contribution in [2.24, 2.45) is 0 Å². The lowest BCUT2D eigenvalue weighted by molar-refractivity contribution is 0.00925. The Morgan fingerprint density at radius 3 is 3.18 bits per heavy atom. The summed E-state index contributed by atoms with van der Waals surface area (Å²) in [6, 6.07) is 2.49. The van der Waals surface area contributed by atoms with Crippen molar-refractivity contribution in [3.05, 3.63) is 23.0 Å². The first-order valence-electron chi connectivity index (χ1n) is 6.19. The molecule has 2 atom stereocenters. The number of aryl methyl sites for hydroxylation is 1. The van der Waals surface area contributed by atoms with Gasteiger partial charge in [-0.1, -0.05) is 18.5 Å². The molecular formula is C13H19ClN2O. The van der Waals surface area contributed by atoms with Crippen molar-refractivity contribution in [2.75, 3.05) is 11.9 Å². The fourth-order valence-electron chi connectivity index (χ4n) is 2.17. The molecule has 0 radical (unpaired) electrons. The summed E-state index contributed by atoms with van der Waals surface area (Å²) in [5.41, 5.74) is 2.06. The van der Waals surface area contributed by atoms with Crippen molar-refractivity contribution in [1.29, 1.82) is 0 Å². The normalized spacial score (nSPS) is 24.6. The van der Waals surface area contributed by atoms with Gasteiger partial charge in [-0.3, -0.25) is 0 Å². The summed E-state index contributed by atoms with van der Waals surface area (Å²) < 4.78 is 5.66. The molecule has 2 unspecified atom stereocenters. The van der Waals surface area contributed by atoms with Gasteiger partial charge in [0.1, 0.15) is 0 Å². The van der Waals surface area contributed by atoms with Crippen LogP contribution in [-0.2, 0) is 4.74 Å². The van der Waals surface area contributed by atoms with E-state index in [0.717, 1.165) is 37.1 Å². The van der Waals surface area contributed by atoms with Crippen LogP contribution >= 0.6 is 11.6 Å². The summed E-state index contributed by atoms with van der Waals surface area (Å²) in [6.07, 6.45) is 5.30. The predicted octanol–water partition coefficient (Wildman–Crippen LogP) is 3.41. The minimum absolute atomic E-state index is 0.373. The first kappa shape index (κ1) is 12.7. The summed E-state index contributed by atoms with van der Waals surface area (Å²) >= 11 is 6.08. The quantitative estimate of drug-likeness (QED) is 0.840. The maximum Gasteiger partial charge on any atom is 0.152 e. The molecule has 1 N–H and O–H groups in total. The molecule has 0 saturated carbocycles. The third-order valence-electron chi connectivity index (χ3n) is 3.16. The zero-order valence-electron chi connectivity index (χ0n) is 10.4. The monoisotopic (exact) mass is 254 g/mol. The van der Waals surface area contributed by atoms with Crippen molar-refractivity contribution in [3.63, 3.8) is 0 Å². The summed E-state index contributed by atoms with van der Waals surface area (Å²) in [7, 11) is 0. The van der Waals surface area contributed by atoms with Gasteiger partial charge in [0, 0.05) is 18.8 Å². The lowest BCUT2D eigenvalue weighted by atomic mass is 10.0. The van der Waals surface area contributed by atoms with E-state index in [1.54, 1.807) is 6.20 Å². The fraction of sp³-hybridized carbons (Fsp3) is 0.615. The molecule has 2 rings (SSSR count). The number of halogens is 1. The van der Waals surface area contributed by atoms with Gasteiger partial charge in [0.2, 0.25) is 0 Å². The van der Waals surface area contributed by atoms with Gasteiger partial charge >= 0.3 is 0 Å². The zero-order chi connectivity index (χ0) is 12.3. The topological polar surface area (TPSA) is 34.2 Å². The molecule has 0 spiro atoms. The highest BCUT2D eigenvalue weighted by molar-refractivity contribution is 6.31. The van der Waals surface area contributed by atoms with Gasteiger partial charge in [-0.25, -0.2) is 4.98 Å². The predicted molar refractivity (Wildman–Crippen MR) is 70.7 cm³/mol. The fourth-order valence-corrected chi connectivity index (χ4v) is 2.33. The van der Waals surface area contributed by atoms with Gasteiger partial charge < -0.3 is 10.1 Å². The molecule has 1 aliphatic heterocycles. The minimum Gasteiger partial charge on any atom is -0.380 e. The number of hydrogen-bond donors (Lipinski definition) is 1. The molecule has 1 aromatic rings. The number of pyridine rings is 1. The highest BCUT2D eigenvalue weighted by atomic mass is 35.5. The summed E-state index contributed by atoms with van der Waals surface area (Å²) in [6.45, 7) is 5.01. The van der Waals surface area contributed by atoms with Crippen LogP contribution in [0.4, 0.5) is 5.69 Å². The van der Waals surface area contributed by atoms with Crippen LogP contribution in [0, 0.1) is 6.92 Å². The number of nitrogens with zero attached hydrogens (tertiary/aromatic N) is 1. The van der Waals surface area contributed by atoms with Gasteiger partial charge in [-0.15, -0.1) is 0 Å². The molecule has 94 valence electrons. The highest BCUT2D eigenvalue weighted by Gasteiger charge is 2.21. The van der Waals surface area contributed by atoms with Gasteiger partial charge in [0.05, 0.1) is 11.8 Å². The van der Waals surface area contributed by atoms with Crippen LogP contribution in [0.5, 0.6) is 0 Å². The Morgan fingerprint density at radius 2 is 2.41 bits per heavy atom. The second-order valence-electron chi connectivity index (χ2n) is 4.62. The van der Waals surface area contributed by atoms with E-state index in [-0.39, 0.29) is 0 Å². The molecule has 2 heterocycles. The second kappa shape index (κ2) is 5.69. The molecule has 17 heavy (non-hydrogen) atoms. The molecule has 1 aliphatic rings. The number of aromatic nitrogens is 1. The van der Waals surface area contributed by atoms with Crippen LogP contribution in [0.25, 0.3) is 0 Å². The maximum absolute atomic E-state index is 6.08. The average molecular weight is 255 g/mol. The van der Waals surface area contributed by atoms with E-state index < -0.39 is 0 Å². The van der Waals surface area contributed by atoms with Gasteiger partial charge in [-0.05, 0) is 37.8 Å². The molecular weight excluding hydrogens is 236 g/mol. The van der Waals surface area contributed by atoms with E-state index in [2.05, 4.69) is 17.2 Å². The number of hydrogen-bond acceptors (Lipinski definition) is 3. The van der Waals surface area contributed by atoms with E-state index in [4.69, 9.17) is 16.3 Å². The smallest absolute Gasteiger partial charge is 0.152 e. The second-order valence-corrected chi connectivity index (χ2v) is 4.98. The van der Waals surface area contributed by atoms with Crippen molar-refractivity contribution in [2.45, 2.75) is 45.3 Å². The highest BCUT2D eigenvalue weighted by Crippen LogP contribution is 2.25. The van der Waals surface area contributed by atoms with E-state index in [1.165, 1.54) is 0 Å². The SMILES string of the molecule is CCC1CC(Nc2cc(C)cnc2Cl)CCO1. The van der Waals surface area contributed by atoms with E-state index in [0.29, 0.717) is 17.3 Å². The molecule has 0 amide bonds. The number of rotatable bonds is 3. The summed E-state index contributed by atoms with van der Waals surface area (Å²) in [5, 5.41) is 4.03. The number of ether oxygens (including phenoxy) is 1. The molecule has 1 saturated heterocycles. The molecule has 1 fully saturated rings. The Kier molecular flexibility index (Phi) is 4.24. The van der Waals surface area contributed by atoms with Crippen molar-refractivity contribution in [3.8, 4) is 0 Å². The van der Waals surface area contributed by atoms with Crippen LogP contribution in [0.2, 0.25) is 5.15 Å². The maximum atomic E-state index is 6.08. The largest absolute Gasteiger partial charge is 0.380 e. The summed E-state index contributed by atoms with van der Waals surface area (Å²) in [5.74, 6) is 0. The zero-order valence-corrected chi connectivity index (χ0v) is 11.1.